The van der Waals surface area contributed by atoms with Crippen LogP contribution >= 0.6 is 0 Å². The minimum Gasteiger partial charge on any atom is -0.442 e. The molecule has 1 rings (SSSR count). The van der Waals surface area contributed by atoms with Gasteiger partial charge in [0.1, 0.15) is 5.60 Å². The summed E-state index contributed by atoms with van der Waals surface area (Å²) in [5, 5.41) is 8.30. The molecule has 0 saturated heterocycles. The van der Waals surface area contributed by atoms with Crippen LogP contribution in [0.2, 0.25) is 0 Å². The van der Waals surface area contributed by atoms with E-state index in [0.29, 0.717) is 6.42 Å². The van der Waals surface area contributed by atoms with Crippen LogP contribution in [0.25, 0.3) is 0 Å². The summed E-state index contributed by atoms with van der Waals surface area (Å²) in [6.07, 6.45) is 10.9. The maximum absolute atomic E-state index is 11.9. The van der Waals surface area contributed by atoms with Crippen LogP contribution in [0, 0.1) is 0 Å². The molecule has 1 aliphatic rings. The van der Waals surface area contributed by atoms with E-state index in [0.717, 1.165) is 5.70 Å². The number of amides is 1. The van der Waals surface area contributed by atoms with Crippen molar-refractivity contribution in [2.24, 2.45) is 5.10 Å². The first-order chi connectivity index (χ1) is 8.92. The zero-order chi connectivity index (χ0) is 14.3. The van der Waals surface area contributed by atoms with E-state index in [9.17, 15) is 4.79 Å². The Kier molecular flexibility index (Phi) is 5.36. The van der Waals surface area contributed by atoms with E-state index in [1.54, 1.807) is 18.5 Å². The van der Waals surface area contributed by atoms with Gasteiger partial charge < -0.3 is 10.1 Å². The smallest absolute Gasteiger partial charge is 0.435 e. The van der Waals surface area contributed by atoms with Gasteiger partial charge >= 0.3 is 6.09 Å². The average Bonchev–Trinajstić information content (AvgIpc) is 2.32. The Balaban J connectivity index is 2.83. The quantitative estimate of drug-likeness (QED) is 0.791. The number of nitrogens with zero attached hydrogens (tertiary/aromatic N) is 2. The van der Waals surface area contributed by atoms with E-state index in [4.69, 9.17) is 4.74 Å². The molecule has 0 aromatic rings. The van der Waals surface area contributed by atoms with Crippen molar-refractivity contribution in [1.29, 1.82) is 0 Å². The molecule has 0 aromatic heterocycles. The Morgan fingerprint density at radius 2 is 2.21 bits per heavy atom. The monoisotopic (exact) mass is 263 g/mol. The summed E-state index contributed by atoms with van der Waals surface area (Å²) in [5.41, 5.74) is 0.414. The van der Waals surface area contributed by atoms with Gasteiger partial charge in [-0.1, -0.05) is 6.08 Å². The predicted octanol–water partition coefficient (Wildman–Crippen LogP) is 2.79. The fourth-order valence-electron chi connectivity index (χ4n) is 1.30. The molecule has 0 aliphatic carbocycles. The summed E-state index contributed by atoms with van der Waals surface area (Å²) in [4.78, 5) is 11.9. The Morgan fingerprint density at radius 3 is 2.84 bits per heavy atom. The van der Waals surface area contributed by atoms with E-state index < -0.39 is 11.7 Å². The lowest BCUT2D eigenvalue weighted by atomic mass is 10.2. The normalized spacial score (nSPS) is 23.8. The summed E-state index contributed by atoms with van der Waals surface area (Å²) in [7, 11) is 1.84. The Hall–Kier alpha value is -2.04. The van der Waals surface area contributed by atoms with E-state index in [1.165, 1.54) is 5.01 Å². The van der Waals surface area contributed by atoms with Crippen LogP contribution in [0.15, 0.2) is 41.3 Å². The first-order valence-corrected chi connectivity index (χ1v) is 6.20. The SMILES string of the molecule is CNC1=C/C=C/N(C(=O)OC(C)(C)C)/N=C/C\C=C\1. The number of ether oxygens (including phenoxy) is 1. The van der Waals surface area contributed by atoms with E-state index in [-0.39, 0.29) is 0 Å². The number of hydrazone groups is 1. The molecular weight excluding hydrogens is 242 g/mol. The van der Waals surface area contributed by atoms with Crippen molar-refractivity contribution in [2.45, 2.75) is 32.8 Å². The highest BCUT2D eigenvalue weighted by Gasteiger charge is 2.20. The number of nitrogens with one attached hydrogen (secondary N) is 1. The maximum atomic E-state index is 11.9. The summed E-state index contributed by atoms with van der Waals surface area (Å²) in [5.74, 6) is 0. The molecule has 0 aromatic carbocycles. The van der Waals surface area contributed by atoms with E-state index in [1.807, 2.05) is 46.0 Å². The van der Waals surface area contributed by atoms with Crippen molar-refractivity contribution in [3.8, 4) is 0 Å². The Morgan fingerprint density at radius 1 is 1.47 bits per heavy atom. The molecule has 1 N–H and O–H groups in total. The molecule has 0 fully saturated rings. The van der Waals surface area contributed by atoms with E-state index >= 15 is 0 Å². The summed E-state index contributed by atoms with van der Waals surface area (Å²) in [6.45, 7) is 5.46. The third kappa shape index (κ3) is 5.90. The fourth-order valence-corrected chi connectivity index (χ4v) is 1.30. The average molecular weight is 263 g/mol. The van der Waals surface area contributed by atoms with Crippen molar-refractivity contribution < 1.29 is 9.53 Å². The van der Waals surface area contributed by atoms with Crippen LogP contribution in [0.3, 0.4) is 0 Å². The van der Waals surface area contributed by atoms with Gasteiger partial charge in [-0.2, -0.15) is 10.1 Å². The van der Waals surface area contributed by atoms with Gasteiger partial charge in [0.05, 0.1) is 0 Å². The van der Waals surface area contributed by atoms with Crippen LogP contribution in [0.4, 0.5) is 4.79 Å². The van der Waals surface area contributed by atoms with Gasteiger partial charge in [-0.05, 0) is 39.0 Å². The molecule has 104 valence electrons. The zero-order valence-electron chi connectivity index (χ0n) is 11.9. The van der Waals surface area contributed by atoms with Crippen LogP contribution < -0.4 is 5.32 Å². The fraction of sp³-hybridized carbons (Fsp3) is 0.429. The summed E-state index contributed by atoms with van der Waals surface area (Å²) >= 11 is 0. The minimum absolute atomic E-state index is 0.496. The van der Waals surface area contributed by atoms with Crippen molar-refractivity contribution in [3.63, 3.8) is 0 Å². The number of likely N-dealkylation sites (N-methyl/N-ethyl adjacent to an activating group) is 1. The third-order valence-corrected chi connectivity index (χ3v) is 2.12. The first kappa shape index (κ1) is 15.0. The molecule has 5 heteroatoms. The standard InChI is InChI=1S/C14H21N3O2/c1-14(2,3)19-13(18)17-11-7-9-12(15-4)8-5-6-10-16-17/h5,7-11,15H,6H2,1-4H3/b8-5+,11-7+,12-9+,16-10+. The number of rotatable bonds is 1. The third-order valence-electron chi connectivity index (χ3n) is 2.12. The molecular formula is C14H21N3O2. The lowest BCUT2D eigenvalue weighted by molar-refractivity contribution is 0.0339. The molecule has 0 radical (unpaired) electrons. The highest BCUT2D eigenvalue weighted by molar-refractivity contribution is 5.71. The molecule has 19 heavy (non-hydrogen) atoms. The van der Waals surface area contributed by atoms with Gasteiger partial charge in [-0.3, -0.25) is 0 Å². The van der Waals surface area contributed by atoms with E-state index in [2.05, 4.69) is 10.4 Å². The summed E-state index contributed by atoms with van der Waals surface area (Å²) in [6, 6.07) is 0. The first-order valence-electron chi connectivity index (χ1n) is 6.20. The number of hydrogen-bond acceptors (Lipinski definition) is 4. The number of allylic oxidation sites excluding steroid dienone is 4. The van der Waals surface area contributed by atoms with Crippen LogP contribution in [-0.2, 0) is 4.74 Å². The Labute approximate surface area is 114 Å². The van der Waals surface area contributed by atoms with Crippen LogP contribution in [0.5, 0.6) is 0 Å². The van der Waals surface area contributed by atoms with Crippen LogP contribution in [0.1, 0.15) is 27.2 Å². The highest BCUT2D eigenvalue weighted by atomic mass is 16.6. The largest absolute Gasteiger partial charge is 0.442 e. The Bertz CT molecular complexity index is 428. The van der Waals surface area contributed by atoms with Crippen LogP contribution in [-0.4, -0.2) is 30.0 Å². The maximum Gasteiger partial charge on any atom is 0.435 e. The second-order valence-corrected chi connectivity index (χ2v) is 4.97. The van der Waals surface area contributed by atoms with Gasteiger partial charge in [0, 0.05) is 31.6 Å². The van der Waals surface area contributed by atoms with Gasteiger partial charge in [0.15, 0.2) is 0 Å². The molecule has 0 saturated carbocycles. The molecule has 1 aliphatic heterocycles. The van der Waals surface area contributed by atoms with Crippen molar-refractivity contribution in [2.75, 3.05) is 7.05 Å². The highest BCUT2D eigenvalue weighted by Crippen LogP contribution is 2.11. The lowest BCUT2D eigenvalue weighted by Gasteiger charge is -2.22. The molecule has 0 atom stereocenters. The van der Waals surface area contributed by atoms with Gasteiger partial charge in [0.2, 0.25) is 0 Å². The lowest BCUT2D eigenvalue weighted by Crippen LogP contribution is -2.30. The topological polar surface area (TPSA) is 53.9 Å². The number of hydrogen-bond donors (Lipinski definition) is 1. The molecule has 0 bridgehead atoms. The molecule has 1 heterocycles. The second kappa shape index (κ2) is 6.78. The van der Waals surface area contributed by atoms with Crippen molar-refractivity contribution >= 4 is 12.3 Å². The van der Waals surface area contributed by atoms with Crippen molar-refractivity contribution in [1.82, 2.24) is 10.3 Å². The molecule has 5 nitrogen and oxygen atoms in total. The number of carbonyl (C=O) groups excluding carboxylic acids is 1. The van der Waals surface area contributed by atoms with Crippen molar-refractivity contribution in [3.05, 3.63) is 36.2 Å². The molecule has 1 amide bonds. The second-order valence-electron chi connectivity index (χ2n) is 4.97. The predicted molar refractivity (Wildman–Crippen MR) is 76.6 cm³/mol. The molecule has 0 spiro atoms. The molecule has 0 unspecified atom stereocenters. The summed E-state index contributed by atoms with van der Waals surface area (Å²) < 4.78 is 5.27. The minimum atomic E-state index is -0.540. The number of carbonyl (C=O) groups is 1. The van der Waals surface area contributed by atoms with Gasteiger partial charge in [0.25, 0.3) is 0 Å². The zero-order valence-corrected chi connectivity index (χ0v) is 11.9. The van der Waals surface area contributed by atoms with Gasteiger partial charge in [-0.15, -0.1) is 0 Å². The van der Waals surface area contributed by atoms with Gasteiger partial charge in [-0.25, -0.2) is 4.79 Å².